The van der Waals surface area contributed by atoms with Crippen LogP contribution in [0.4, 0.5) is 13.2 Å². The summed E-state index contributed by atoms with van der Waals surface area (Å²) < 4.78 is 41.1. The maximum atomic E-state index is 12.2. The van der Waals surface area contributed by atoms with Gasteiger partial charge in [-0.05, 0) is 24.1 Å². The lowest BCUT2D eigenvalue weighted by molar-refractivity contribution is -0.189. The fourth-order valence-electron chi connectivity index (χ4n) is 2.16. The van der Waals surface area contributed by atoms with Crippen molar-refractivity contribution < 1.29 is 22.7 Å². The number of aromatic amines is 1. The molecule has 2 N–H and O–H groups in total. The number of nitrogens with zero attached hydrogens (tertiary/aromatic N) is 2. The van der Waals surface area contributed by atoms with E-state index in [2.05, 4.69) is 25.2 Å². The van der Waals surface area contributed by atoms with Gasteiger partial charge in [0.15, 0.2) is 5.65 Å². The van der Waals surface area contributed by atoms with Crippen molar-refractivity contribution in [3.05, 3.63) is 17.3 Å². The molecule has 9 heteroatoms. The summed E-state index contributed by atoms with van der Waals surface area (Å²) >= 11 is 0. The van der Waals surface area contributed by atoms with Crippen molar-refractivity contribution in [1.82, 2.24) is 20.5 Å². The zero-order valence-electron chi connectivity index (χ0n) is 10.0. The van der Waals surface area contributed by atoms with E-state index in [-0.39, 0.29) is 5.88 Å². The SMILES string of the molecule is O=C(Oc1n[nH]c2ncc3c(c12)CCNC3)C(F)(F)F. The molecule has 0 radical (unpaired) electrons. The van der Waals surface area contributed by atoms with Crippen LogP contribution in [0.15, 0.2) is 6.20 Å². The lowest BCUT2D eigenvalue weighted by Gasteiger charge is -2.17. The van der Waals surface area contributed by atoms with E-state index >= 15 is 0 Å². The fraction of sp³-hybridized carbons (Fsp3) is 0.364. The molecule has 1 aliphatic rings. The molecule has 20 heavy (non-hydrogen) atoms. The van der Waals surface area contributed by atoms with E-state index in [1.165, 1.54) is 0 Å². The predicted octanol–water partition coefficient (Wildman–Crippen LogP) is 1.07. The van der Waals surface area contributed by atoms with E-state index < -0.39 is 12.1 Å². The van der Waals surface area contributed by atoms with Crippen LogP contribution in [0, 0.1) is 0 Å². The highest BCUT2D eigenvalue weighted by atomic mass is 19.4. The molecule has 106 valence electrons. The Hall–Kier alpha value is -2.16. The summed E-state index contributed by atoms with van der Waals surface area (Å²) in [6.45, 7) is 1.25. The summed E-state index contributed by atoms with van der Waals surface area (Å²) in [6, 6.07) is 0. The highest BCUT2D eigenvalue weighted by molar-refractivity contribution is 5.89. The minimum Gasteiger partial charge on any atom is -0.398 e. The predicted molar refractivity (Wildman–Crippen MR) is 61.0 cm³/mol. The number of hydrogen-bond donors (Lipinski definition) is 2. The molecule has 3 rings (SSSR count). The highest BCUT2D eigenvalue weighted by Crippen LogP contribution is 2.30. The second kappa shape index (κ2) is 4.44. The first-order valence-electron chi connectivity index (χ1n) is 5.81. The number of rotatable bonds is 1. The minimum atomic E-state index is -5.06. The molecular weight excluding hydrogens is 277 g/mol. The van der Waals surface area contributed by atoms with Gasteiger partial charge in [0, 0.05) is 12.7 Å². The molecule has 0 unspecified atom stereocenters. The fourth-order valence-corrected chi connectivity index (χ4v) is 2.16. The van der Waals surface area contributed by atoms with Gasteiger partial charge in [0.05, 0.1) is 5.39 Å². The number of alkyl halides is 3. The van der Waals surface area contributed by atoms with Gasteiger partial charge in [-0.2, -0.15) is 13.2 Å². The average Bonchev–Trinajstić information content (AvgIpc) is 2.81. The maximum Gasteiger partial charge on any atom is 0.491 e. The summed E-state index contributed by atoms with van der Waals surface area (Å²) in [5.41, 5.74) is 1.96. The number of nitrogens with one attached hydrogen (secondary N) is 2. The van der Waals surface area contributed by atoms with Crippen LogP contribution < -0.4 is 10.1 Å². The molecule has 0 amide bonds. The van der Waals surface area contributed by atoms with Crippen LogP contribution in [0.25, 0.3) is 11.0 Å². The Bertz CT molecular complexity index is 680. The molecule has 0 bridgehead atoms. The zero-order valence-corrected chi connectivity index (χ0v) is 10.0. The molecule has 0 aliphatic carbocycles. The van der Waals surface area contributed by atoms with E-state index in [0.717, 1.165) is 11.1 Å². The number of aromatic nitrogens is 3. The number of fused-ring (bicyclic) bond motifs is 3. The summed E-state index contributed by atoms with van der Waals surface area (Å²) in [6.07, 6.45) is -2.84. The number of ether oxygens (including phenoxy) is 1. The number of esters is 1. The molecule has 0 saturated heterocycles. The Labute approximate surface area is 110 Å². The summed E-state index contributed by atoms with van der Waals surface area (Å²) in [4.78, 5) is 15.0. The first kappa shape index (κ1) is 12.9. The Balaban J connectivity index is 2.06. The average molecular weight is 286 g/mol. The number of carbonyl (C=O) groups is 1. The van der Waals surface area contributed by atoms with E-state index in [0.29, 0.717) is 30.5 Å². The van der Waals surface area contributed by atoms with Crippen LogP contribution in [-0.4, -0.2) is 33.9 Å². The van der Waals surface area contributed by atoms with Gasteiger partial charge < -0.3 is 10.1 Å². The zero-order chi connectivity index (χ0) is 14.3. The standard InChI is InChI=1S/C11H9F3N4O2/c12-11(13,14)10(19)20-9-7-6-1-2-15-3-5(6)4-16-8(7)17-18-9/h4,15H,1-3H2,(H,16,17,18). The van der Waals surface area contributed by atoms with Gasteiger partial charge in [-0.3, -0.25) is 5.10 Å². The van der Waals surface area contributed by atoms with Crippen molar-refractivity contribution in [3.8, 4) is 5.88 Å². The van der Waals surface area contributed by atoms with E-state index in [1.54, 1.807) is 6.20 Å². The second-order valence-corrected chi connectivity index (χ2v) is 4.33. The van der Waals surface area contributed by atoms with Gasteiger partial charge in [-0.1, -0.05) is 0 Å². The van der Waals surface area contributed by atoms with Crippen LogP contribution in [0.1, 0.15) is 11.1 Å². The number of carbonyl (C=O) groups excluding carboxylic acids is 1. The first-order valence-corrected chi connectivity index (χ1v) is 5.81. The third-order valence-corrected chi connectivity index (χ3v) is 3.04. The Morgan fingerprint density at radius 2 is 2.20 bits per heavy atom. The van der Waals surface area contributed by atoms with E-state index in [9.17, 15) is 18.0 Å². The number of H-pyrrole nitrogens is 1. The number of hydrogen-bond acceptors (Lipinski definition) is 5. The van der Waals surface area contributed by atoms with Crippen LogP contribution in [0.3, 0.4) is 0 Å². The monoisotopic (exact) mass is 286 g/mol. The highest BCUT2D eigenvalue weighted by Gasteiger charge is 2.42. The van der Waals surface area contributed by atoms with Gasteiger partial charge in [0.25, 0.3) is 5.88 Å². The Morgan fingerprint density at radius 1 is 1.40 bits per heavy atom. The Kier molecular flexibility index (Phi) is 2.85. The third-order valence-electron chi connectivity index (χ3n) is 3.04. The van der Waals surface area contributed by atoms with Crippen molar-refractivity contribution in [2.45, 2.75) is 19.1 Å². The molecular formula is C11H9F3N4O2. The molecule has 6 nitrogen and oxygen atoms in total. The lowest BCUT2D eigenvalue weighted by atomic mass is 10.0. The van der Waals surface area contributed by atoms with Crippen LogP contribution in [0.5, 0.6) is 5.88 Å². The normalized spacial score (nSPS) is 15.2. The largest absolute Gasteiger partial charge is 0.491 e. The molecule has 1 aliphatic heterocycles. The molecule has 2 aromatic rings. The van der Waals surface area contributed by atoms with Gasteiger partial charge in [0.1, 0.15) is 0 Å². The van der Waals surface area contributed by atoms with Crippen molar-refractivity contribution in [3.63, 3.8) is 0 Å². The van der Waals surface area contributed by atoms with Gasteiger partial charge >= 0.3 is 12.1 Å². The molecule has 0 atom stereocenters. The van der Waals surface area contributed by atoms with E-state index in [1.807, 2.05) is 0 Å². The minimum absolute atomic E-state index is 0.302. The van der Waals surface area contributed by atoms with Crippen LogP contribution >= 0.6 is 0 Å². The Morgan fingerprint density at radius 3 is 2.95 bits per heavy atom. The third kappa shape index (κ3) is 2.09. The summed E-state index contributed by atoms with van der Waals surface area (Å²) in [7, 11) is 0. The quantitative estimate of drug-likeness (QED) is 0.767. The molecule has 0 fully saturated rings. The van der Waals surface area contributed by atoms with Crippen molar-refractivity contribution in [2.75, 3.05) is 6.54 Å². The van der Waals surface area contributed by atoms with Crippen LogP contribution in [0.2, 0.25) is 0 Å². The van der Waals surface area contributed by atoms with Gasteiger partial charge in [-0.15, -0.1) is 5.10 Å². The van der Waals surface area contributed by atoms with Crippen molar-refractivity contribution in [1.29, 1.82) is 0 Å². The maximum absolute atomic E-state index is 12.2. The number of pyridine rings is 1. The topological polar surface area (TPSA) is 79.9 Å². The lowest BCUT2D eigenvalue weighted by Crippen LogP contribution is -2.28. The first-order chi connectivity index (χ1) is 9.47. The molecule has 0 spiro atoms. The van der Waals surface area contributed by atoms with Crippen LogP contribution in [-0.2, 0) is 17.8 Å². The van der Waals surface area contributed by atoms with Gasteiger partial charge in [-0.25, -0.2) is 9.78 Å². The van der Waals surface area contributed by atoms with Gasteiger partial charge in [0.2, 0.25) is 0 Å². The molecule has 0 aromatic carbocycles. The second-order valence-electron chi connectivity index (χ2n) is 4.33. The van der Waals surface area contributed by atoms with Crippen molar-refractivity contribution in [2.24, 2.45) is 0 Å². The molecule has 3 heterocycles. The smallest absolute Gasteiger partial charge is 0.398 e. The number of halogens is 3. The van der Waals surface area contributed by atoms with Crippen molar-refractivity contribution >= 4 is 17.0 Å². The van der Waals surface area contributed by atoms with E-state index in [4.69, 9.17) is 0 Å². The molecule has 2 aromatic heterocycles. The molecule has 0 saturated carbocycles. The summed E-state index contributed by atoms with van der Waals surface area (Å²) in [5, 5.41) is 9.53. The summed E-state index contributed by atoms with van der Waals surface area (Å²) in [5.74, 6) is -2.67.